The smallest absolute Gasteiger partial charge is 0.314 e. The van der Waals surface area contributed by atoms with Gasteiger partial charge in [-0.05, 0) is 24.1 Å². The molecular weight excluding hydrogens is 367 g/mol. The van der Waals surface area contributed by atoms with Crippen molar-refractivity contribution in [2.24, 2.45) is 0 Å². The van der Waals surface area contributed by atoms with Crippen LogP contribution in [0.5, 0.6) is 0 Å². The lowest BCUT2D eigenvalue weighted by Gasteiger charge is -2.36. The molecule has 8 heteroatoms. The van der Waals surface area contributed by atoms with Crippen molar-refractivity contribution < 1.29 is 17.6 Å². The summed E-state index contributed by atoms with van der Waals surface area (Å²) in [6, 6.07) is 2.75. The zero-order valence-corrected chi connectivity index (χ0v) is 15.2. The van der Waals surface area contributed by atoms with Crippen LogP contribution in [0.1, 0.15) is 43.4 Å². The van der Waals surface area contributed by atoms with Crippen molar-refractivity contribution in [3.05, 3.63) is 35.1 Å². The largest absolute Gasteiger partial charge is 0.416 e. The molecular formula is C16H24Cl2F4N2. The topological polar surface area (TPSA) is 15.3 Å². The summed E-state index contributed by atoms with van der Waals surface area (Å²) >= 11 is 0. The van der Waals surface area contributed by atoms with Gasteiger partial charge in [0.2, 0.25) is 0 Å². The van der Waals surface area contributed by atoms with Crippen molar-refractivity contribution in [1.82, 2.24) is 10.2 Å². The lowest BCUT2D eigenvalue weighted by molar-refractivity contribution is -0.139. The lowest BCUT2D eigenvalue weighted by atomic mass is 9.94. The Balaban J connectivity index is 0.00000264. The normalized spacial score (nSPS) is 16.9. The number of hydrogen-bond donors (Lipinski definition) is 1. The first-order valence-electron chi connectivity index (χ1n) is 7.75. The molecule has 1 N–H and O–H groups in total. The van der Waals surface area contributed by atoms with Crippen molar-refractivity contribution >= 4 is 24.8 Å². The highest BCUT2D eigenvalue weighted by Gasteiger charge is 2.37. The summed E-state index contributed by atoms with van der Waals surface area (Å²) in [5.74, 6) is -0.842. The van der Waals surface area contributed by atoms with Crippen LogP contribution in [0.4, 0.5) is 17.6 Å². The van der Waals surface area contributed by atoms with Gasteiger partial charge in [-0.25, -0.2) is 4.39 Å². The molecule has 1 fully saturated rings. The van der Waals surface area contributed by atoms with Crippen molar-refractivity contribution in [2.75, 3.05) is 26.2 Å². The SMILES string of the molecule is CCCC[C@H](c1ccc(F)cc1C(F)(F)F)N1CCNCC1.Cl.Cl. The van der Waals surface area contributed by atoms with Gasteiger partial charge in [-0.1, -0.05) is 25.8 Å². The molecule has 1 aromatic carbocycles. The first kappa shape index (κ1) is 23.4. The van der Waals surface area contributed by atoms with Crippen LogP contribution in [0.3, 0.4) is 0 Å². The summed E-state index contributed by atoms with van der Waals surface area (Å²) in [6.45, 7) is 4.98. The molecule has 1 aliphatic heterocycles. The Morgan fingerprint density at radius 1 is 1.17 bits per heavy atom. The van der Waals surface area contributed by atoms with Gasteiger partial charge >= 0.3 is 6.18 Å². The van der Waals surface area contributed by atoms with Crippen LogP contribution in [-0.4, -0.2) is 31.1 Å². The van der Waals surface area contributed by atoms with Crippen LogP contribution in [0.2, 0.25) is 0 Å². The van der Waals surface area contributed by atoms with E-state index in [4.69, 9.17) is 0 Å². The molecule has 1 heterocycles. The van der Waals surface area contributed by atoms with Gasteiger partial charge in [0.1, 0.15) is 5.82 Å². The second kappa shape index (κ2) is 10.4. The molecule has 1 aliphatic rings. The Labute approximate surface area is 152 Å². The average molecular weight is 391 g/mol. The summed E-state index contributed by atoms with van der Waals surface area (Å²) < 4.78 is 53.2. The number of benzene rings is 1. The van der Waals surface area contributed by atoms with Gasteiger partial charge in [0.15, 0.2) is 0 Å². The summed E-state index contributed by atoms with van der Waals surface area (Å²) in [4.78, 5) is 2.08. The molecule has 2 rings (SSSR count). The number of nitrogens with zero attached hydrogens (tertiary/aromatic N) is 1. The van der Waals surface area contributed by atoms with Crippen LogP contribution in [0.15, 0.2) is 18.2 Å². The minimum absolute atomic E-state index is 0. The molecule has 0 spiro atoms. The number of unbranched alkanes of at least 4 members (excludes halogenated alkanes) is 1. The zero-order chi connectivity index (χ0) is 16.2. The highest BCUT2D eigenvalue weighted by Crippen LogP contribution is 2.38. The molecule has 1 saturated heterocycles. The highest BCUT2D eigenvalue weighted by molar-refractivity contribution is 5.85. The van der Waals surface area contributed by atoms with Crippen LogP contribution in [-0.2, 0) is 6.18 Å². The maximum atomic E-state index is 13.3. The number of nitrogens with one attached hydrogen (secondary N) is 1. The highest BCUT2D eigenvalue weighted by atomic mass is 35.5. The number of piperazine rings is 1. The van der Waals surface area contributed by atoms with E-state index in [9.17, 15) is 17.6 Å². The van der Waals surface area contributed by atoms with Crippen molar-refractivity contribution in [3.8, 4) is 0 Å². The van der Waals surface area contributed by atoms with Gasteiger partial charge in [0.05, 0.1) is 5.56 Å². The average Bonchev–Trinajstić information content (AvgIpc) is 2.49. The number of alkyl halides is 3. The molecule has 1 atom stereocenters. The van der Waals surface area contributed by atoms with Gasteiger partial charge in [-0.2, -0.15) is 13.2 Å². The Morgan fingerprint density at radius 2 is 1.79 bits per heavy atom. The Hall–Kier alpha value is -0.560. The first-order valence-corrected chi connectivity index (χ1v) is 7.75. The van der Waals surface area contributed by atoms with E-state index in [1.54, 1.807) is 0 Å². The molecule has 0 amide bonds. The van der Waals surface area contributed by atoms with Crippen molar-refractivity contribution in [1.29, 1.82) is 0 Å². The van der Waals surface area contributed by atoms with Crippen molar-refractivity contribution in [3.63, 3.8) is 0 Å². The minimum Gasteiger partial charge on any atom is -0.314 e. The maximum Gasteiger partial charge on any atom is 0.416 e. The van der Waals surface area contributed by atoms with Crippen LogP contribution >= 0.6 is 24.8 Å². The predicted octanol–water partition coefficient (Wildman–Crippen LogP) is 4.82. The van der Waals surface area contributed by atoms with Gasteiger partial charge < -0.3 is 5.32 Å². The molecule has 0 saturated carbocycles. The number of halogens is 6. The monoisotopic (exact) mass is 390 g/mol. The quantitative estimate of drug-likeness (QED) is 0.724. The molecule has 1 aromatic rings. The van der Waals surface area contributed by atoms with E-state index in [1.165, 1.54) is 6.07 Å². The van der Waals surface area contributed by atoms with Gasteiger partial charge in [-0.15, -0.1) is 24.8 Å². The van der Waals surface area contributed by atoms with Crippen LogP contribution in [0.25, 0.3) is 0 Å². The standard InChI is InChI=1S/C16H22F4N2.2ClH/c1-2-3-4-15(22-9-7-21-8-10-22)13-6-5-12(17)11-14(13)16(18,19)20;;/h5-6,11,15,21H,2-4,7-10H2,1H3;2*1H/t15-;;/m1../s1. The van der Waals surface area contributed by atoms with Gasteiger partial charge in [0.25, 0.3) is 0 Å². The van der Waals surface area contributed by atoms with Crippen LogP contribution < -0.4 is 5.32 Å². The summed E-state index contributed by atoms with van der Waals surface area (Å²) in [5.41, 5.74) is -0.642. The predicted molar refractivity (Wildman–Crippen MR) is 92.6 cm³/mol. The van der Waals surface area contributed by atoms with E-state index in [0.29, 0.717) is 25.6 Å². The van der Waals surface area contributed by atoms with E-state index in [2.05, 4.69) is 10.2 Å². The van der Waals surface area contributed by atoms with Gasteiger partial charge in [0, 0.05) is 32.2 Å². The molecule has 140 valence electrons. The maximum absolute atomic E-state index is 13.3. The fourth-order valence-corrected chi connectivity index (χ4v) is 2.99. The summed E-state index contributed by atoms with van der Waals surface area (Å²) in [7, 11) is 0. The second-order valence-corrected chi connectivity index (χ2v) is 5.67. The Bertz CT molecular complexity index is 491. The molecule has 0 bridgehead atoms. The lowest BCUT2D eigenvalue weighted by Crippen LogP contribution is -2.45. The van der Waals surface area contributed by atoms with Gasteiger partial charge in [-0.3, -0.25) is 4.90 Å². The second-order valence-electron chi connectivity index (χ2n) is 5.67. The fourth-order valence-electron chi connectivity index (χ4n) is 2.99. The van der Waals surface area contributed by atoms with E-state index in [1.807, 2.05) is 6.92 Å². The fraction of sp³-hybridized carbons (Fsp3) is 0.625. The number of rotatable bonds is 5. The number of hydrogen-bond acceptors (Lipinski definition) is 2. The van der Waals surface area contributed by atoms with E-state index in [0.717, 1.165) is 32.0 Å². The zero-order valence-electron chi connectivity index (χ0n) is 13.5. The third-order valence-electron chi connectivity index (χ3n) is 4.10. The summed E-state index contributed by atoms with van der Waals surface area (Å²) in [6.07, 6.45) is -2.10. The molecule has 0 radical (unpaired) electrons. The molecule has 2 nitrogen and oxygen atoms in total. The first-order chi connectivity index (χ1) is 10.4. The third kappa shape index (κ3) is 6.06. The molecule has 0 aromatic heterocycles. The van der Waals surface area contributed by atoms with E-state index in [-0.39, 0.29) is 36.4 Å². The third-order valence-corrected chi connectivity index (χ3v) is 4.10. The molecule has 0 aliphatic carbocycles. The Morgan fingerprint density at radius 3 is 2.33 bits per heavy atom. The Kier molecular flexibility index (Phi) is 10.2. The molecule has 0 unspecified atom stereocenters. The minimum atomic E-state index is -4.53. The summed E-state index contributed by atoms with van der Waals surface area (Å²) in [5, 5.41) is 3.21. The van der Waals surface area contributed by atoms with E-state index < -0.39 is 17.6 Å². The molecule has 24 heavy (non-hydrogen) atoms. The van der Waals surface area contributed by atoms with Crippen molar-refractivity contribution in [2.45, 2.75) is 38.4 Å². The van der Waals surface area contributed by atoms with E-state index >= 15 is 0 Å². The van der Waals surface area contributed by atoms with Crippen LogP contribution in [0, 0.1) is 5.82 Å².